The van der Waals surface area contributed by atoms with Crippen molar-refractivity contribution in [3.05, 3.63) is 47.3 Å². The van der Waals surface area contributed by atoms with Gasteiger partial charge in [-0.05, 0) is 35.6 Å². The number of hydrogen-bond donors (Lipinski definition) is 1. The minimum Gasteiger partial charge on any atom is -0.399 e. The normalized spacial score (nSPS) is 11.9. The highest BCUT2D eigenvalue weighted by Gasteiger charge is 2.24. The van der Waals surface area contributed by atoms with E-state index < -0.39 is 10.0 Å². The van der Waals surface area contributed by atoms with E-state index >= 15 is 0 Å². The Labute approximate surface area is 123 Å². The number of anilines is 1. The maximum absolute atomic E-state index is 12.6. The first-order valence-corrected chi connectivity index (χ1v) is 8.74. The lowest BCUT2D eigenvalue weighted by Gasteiger charge is -2.21. The summed E-state index contributed by atoms with van der Waals surface area (Å²) in [5, 5.41) is 1.78. The monoisotopic (exact) mass is 310 g/mol. The van der Waals surface area contributed by atoms with Gasteiger partial charge >= 0.3 is 0 Å². The van der Waals surface area contributed by atoms with E-state index in [0.717, 1.165) is 12.0 Å². The van der Waals surface area contributed by atoms with Gasteiger partial charge in [0.1, 0.15) is 4.21 Å². The van der Waals surface area contributed by atoms with E-state index in [2.05, 4.69) is 0 Å². The van der Waals surface area contributed by atoms with Crippen molar-refractivity contribution >= 4 is 27.0 Å². The quantitative estimate of drug-likeness (QED) is 0.834. The van der Waals surface area contributed by atoms with Gasteiger partial charge in [-0.1, -0.05) is 25.1 Å². The predicted molar refractivity (Wildman–Crippen MR) is 83.1 cm³/mol. The van der Waals surface area contributed by atoms with Gasteiger partial charge < -0.3 is 5.73 Å². The Bertz CT molecular complexity index is 652. The average molecular weight is 310 g/mol. The first-order chi connectivity index (χ1) is 9.54. The Kier molecular flexibility index (Phi) is 4.80. The molecule has 0 aliphatic heterocycles. The summed E-state index contributed by atoms with van der Waals surface area (Å²) >= 11 is 1.24. The van der Waals surface area contributed by atoms with Crippen LogP contribution in [-0.2, 0) is 16.6 Å². The third kappa shape index (κ3) is 3.39. The number of nitrogens with zero attached hydrogens (tertiary/aromatic N) is 1. The molecule has 0 atom stereocenters. The summed E-state index contributed by atoms with van der Waals surface area (Å²) in [5.74, 6) is 0. The lowest BCUT2D eigenvalue weighted by atomic mass is 10.2. The first kappa shape index (κ1) is 15.0. The van der Waals surface area contributed by atoms with Crippen LogP contribution in [0.25, 0.3) is 0 Å². The average Bonchev–Trinajstić information content (AvgIpc) is 2.93. The van der Waals surface area contributed by atoms with Gasteiger partial charge in [0.25, 0.3) is 10.0 Å². The number of nitrogen functional groups attached to an aromatic ring is 1. The van der Waals surface area contributed by atoms with E-state index in [1.807, 2.05) is 25.1 Å². The molecule has 0 fully saturated rings. The molecule has 0 spiro atoms. The van der Waals surface area contributed by atoms with Gasteiger partial charge in [0.2, 0.25) is 0 Å². The van der Waals surface area contributed by atoms with Crippen LogP contribution in [0.4, 0.5) is 5.69 Å². The summed E-state index contributed by atoms with van der Waals surface area (Å²) in [6.07, 6.45) is 0.771. The molecular weight excluding hydrogens is 292 g/mol. The summed E-state index contributed by atoms with van der Waals surface area (Å²) in [7, 11) is -3.42. The van der Waals surface area contributed by atoms with Gasteiger partial charge in [-0.15, -0.1) is 11.3 Å². The standard InChI is InChI=1S/C14H18N2O2S2/c1-2-8-16(11-12-5-3-6-13(15)10-12)20(17,18)14-7-4-9-19-14/h3-7,9-10H,2,8,11,15H2,1H3. The minimum atomic E-state index is -3.42. The Balaban J connectivity index is 2.28. The van der Waals surface area contributed by atoms with Crippen LogP contribution in [-0.4, -0.2) is 19.3 Å². The minimum absolute atomic E-state index is 0.346. The molecule has 0 unspecified atom stereocenters. The third-order valence-electron chi connectivity index (χ3n) is 2.87. The summed E-state index contributed by atoms with van der Waals surface area (Å²) in [6.45, 7) is 2.81. The molecule has 0 saturated carbocycles. The lowest BCUT2D eigenvalue weighted by Crippen LogP contribution is -2.30. The summed E-state index contributed by atoms with van der Waals surface area (Å²) in [4.78, 5) is 0. The van der Waals surface area contributed by atoms with E-state index in [4.69, 9.17) is 5.73 Å². The van der Waals surface area contributed by atoms with Crippen LogP contribution in [0.5, 0.6) is 0 Å². The van der Waals surface area contributed by atoms with Gasteiger partial charge in [0, 0.05) is 18.8 Å². The maximum atomic E-state index is 12.6. The fraction of sp³-hybridized carbons (Fsp3) is 0.286. The van der Waals surface area contributed by atoms with E-state index in [1.54, 1.807) is 23.6 Å². The third-order valence-corrected chi connectivity index (χ3v) is 6.09. The second-order valence-electron chi connectivity index (χ2n) is 4.52. The second-order valence-corrected chi connectivity index (χ2v) is 7.63. The van der Waals surface area contributed by atoms with Crippen LogP contribution in [0.15, 0.2) is 46.0 Å². The van der Waals surface area contributed by atoms with E-state index in [9.17, 15) is 8.42 Å². The van der Waals surface area contributed by atoms with Gasteiger partial charge in [-0.25, -0.2) is 8.42 Å². The number of rotatable bonds is 6. The zero-order valence-electron chi connectivity index (χ0n) is 11.3. The lowest BCUT2D eigenvalue weighted by molar-refractivity contribution is 0.407. The molecule has 108 valence electrons. The Morgan fingerprint density at radius 2 is 2.05 bits per heavy atom. The maximum Gasteiger partial charge on any atom is 0.252 e. The molecule has 1 aromatic heterocycles. The summed E-state index contributed by atoms with van der Waals surface area (Å²) < 4.78 is 27.0. The highest BCUT2D eigenvalue weighted by Crippen LogP contribution is 2.23. The molecule has 0 saturated heterocycles. The van der Waals surface area contributed by atoms with Crippen LogP contribution in [0.2, 0.25) is 0 Å². The fourth-order valence-corrected chi connectivity index (χ4v) is 4.63. The Morgan fingerprint density at radius 1 is 1.25 bits per heavy atom. The highest BCUT2D eigenvalue weighted by atomic mass is 32.2. The van der Waals surface area contributed by atoms with Gasteiger partial charge in [-0.2, -0.15) is 4.31 Å². The molecule has 2 aromatic rings. The van der Waals surface area contributed by atoms with Crippen LogP contribution >= 0.6 is 11.3 Å². The molecule has 0 bridgehead atoms. The number of thiophene rings is 1. The summed E-state index contributed by atoms with van der Waals surface area (Å²) in [6, 6.07) is 10.7. The number of sulfonamides is 1. The van der Waals surface area contributed by atoms with Crippen LogP contribution < -0.4 is 5.73 Å². The van der Waals surface area contributed by atoms with E-state index in [0.29, 0.717) is 23.0 Å². The SMILES string of the molecule is CCCN(Cc1cccc(N)c1)S(=O)(=O)c1cccs1. The van der Waals surface area contributed by atoms with Crippen molar-refractivity contribution in [3.8, 4) is 0 Å². The molecule has 0 radical (unpaired) electrons. The smallest absolute Gasteiger partial charge is 0.252 e. The zero-order valence-corrected chi connectivity index (χ0v) is 13.0. The van der Waals surface area contributed by atoms with Gasteiger partial charge in [0.15, 0.2) is 0 Å². The predicted octanol–water partition coefficient (Wildman–Crippen LogP) is 2.93. The molecule has 1 aromatic carbocycles. The van der Waals surface area contributed by atoms with Gasteiger partial charge in [-0.3, -0.25) is 0 Å². The van der Waals surface area contributed by atoms with Crippen LogP contribution in [0.1, 0.15) is 18.9 Å². The molecule has 0 amide bonds. The molecule has 6 heteroatoms. The Hall–Kier alpha value is -1.37. The molecule has 20 heavy (non-hydrogen) atoms. The van der Waals surface area contributed by atoms with E-state index in [1.165, 1.54) is 15.6 Å². The van der Waals surface area contributed by atoms with Crippen molar-refractivity contribution < 1.29 is 8.42 Å². The van der Waals surface area contributed by atoms with Crippen molar-refractivity contribution in [1.82, 2.24) is 4.31 Å². The number of hydrogen-bond acceptors (Lipinski definition) is 4. The van der Waals surface area contributed by atoms with Crippen molar-refractivity contribution in [2.24, 2.45) is 0 Å². The Morgan fingerprint density at radius 3 is 2.65 bits per heavy atom. The molecule has 0 aliphatic rings. The van der Waals surface area contributed by atoms with Crippen LogP contribution in [0.3, 0.4) is 0 Å². The second kappa shape index (κ2) is 6.39. The highest BCUT2D eigenvalue weighted by molar-refractivity contribution is 7.91. The van der Waals surface area contributed by atoms with Crippen molar-refractivity contribution in [2.75, 3.05) is 12.3 Å². The molecule has 0 aliphatic carbocycles. The fourth-order valence-electron chi connectivity index (χ4n) is 1.97. The van der Waals surface area contributed by atoms with E-state index in [-0.39, 0.29) is 0 Å². The number of benzene rings is 1. The van der Waals surface area contributed by atoms with Crippen LogP contribution in [0, 0.1) is 0 Å². The zero-order chi connectivity index (χ0) is 14.6. The molecule has 4 nitrogen and oxygen atoms in total. The number of nitrogens with two attached hydrogens (primary N) is 1. The van der Waals surface area contributed by atoms with Crippen molar-refractivity contribution in [2.45, 2.75) is 24.1 Å². The van der Waals surface area contributed by atoms with Crippen molar-refractivity contribution in [1.29, 1.82) is 0 Å². The molecular formula is C14H18N2O2S2. The van der Waals surface area contributed by atoms with Crippen molar-refractivity contribution in [3.63, 3.8) is 0 Å². The first-order valence-electron chi connectivity index (χ1n) is 6.42. The topological polar surface area (TPSA) is 63.4 Å². The molecule has 1 heterocycles. The largest absolute Gasteiger partial charge is 0.399 e. The summed E-state index contributed by atoms with van der Waals surface area (Å²) in [5.41, 5.74) is 7.29. The molecule has 2 rings (SSSR count). The molecule has 2 N–H and O–H groups in total. The van der Waals surface area contributed by atoms with Gasteiger partial charge in [0.05, 0.1) is 0 Å².